The lowest BCUT2D eigenvalue weighted by atomic mass is 9.77. The summed E-state index contributed by atoms with van der Waals surface area (Å²) in [6, 6.07) is 2.05. The van der Waals surface area contributed by atoms with Crippen molar-refractivity contribution in [1.82, 2.24) is 0 Å². The van der Waals surface area contributed by atoms with Crippen molar-refractivity contribution in [3.05, 3.63) is 0 Å². The number of carbonyl (C=O) groups excluding carboxylic acids is 1. The van der Waals surface area contributed by atoms with E-state index in [1.807, 2.05) is 27.7 Å². The molecule has 1 aliphatic heterocycles. The van der Waals surface area contributed by atoms with E-state index < -0.39 is 29.7 Å². The SMILES string of the molecule is COC(=O)C1(C#N)CC1B1OC(C)(C)C(C)(C)O1. The molecule has 0 aromatic heterocycles. The summed E-state index contributed by atoms with van der Waals surface area (Å²) in [5.74, 6) is -0.735. The summed E-state index contributed by atoms with van der Waals surface area (Å²) in [5.41, 5.74) is -1.98. The molecule has 0 bridgehead atoms. The van der Waals surface area contributed by atoms with Crippen molar-refractivity contribution < 1.29 is 18.8 Å². The number of esters is 1. The van der Waals surface area contributed by atoms with Gasteiger partial charge in [-0.15, -0.1) is 0 Å². The topological polar surface area (TPSA) is 68.6 Å². The van der Waals surface area contributed by atoms with E-state index >= 15 is 0 Å². The number of rotatable bonds is 2. The van der Waals surface area contributed by atoms with Crippen LogP contribution in [0, 0.1) is 16.7 Å². The van der Waals surface area contributed by atoms with E-state index in [1.165, 1.54) is 7.11 Å². The summed E-state index contributed by atoms with van der Waals surface area (Å²) in [6.45, 7) is 7.78. The molecule has 0 spiro atoms. The van der Waals surface area contributed by atoms with Crippen LogP contribution >= 0.6 is 0 Å². The molecule has 0 aromatic rings. The largest absolute Gasteiger partial charge is 0.468 e. The molecule has 1 saturated carbocycles. The summed E-state index contributed by atoms with van der Waals surface area (Å²) < 4.78 is 16.4. The molecule has 1 aliphatic carbocycles. The van der Waals surface area contributed by atoms with Gasteiger partial charge in [-0.1, -0.05) is 0 Å². The van der Waals surface area contributed by atoms with Gasteiger partial charge in [0.05, 0.1) is 24.4 Å². The van der Waals surface area contributed by atoms with Crippen molar-refractivity contribution in [3.63, 3.8) is 0 Å². The smallest absolute Gasteiger partial charge is 0.463 e. The maximum Gasteiger partial charge on any atom is 0.463 e. The molecular formula is C12H18BNO4. The summed E-state index contributed by atoms with van der Waals surface area (Å²) in [4.78, 5) is 11.7. The molecule has 1 heterocycles. The quantitative estimate of drug-likeness (QED) is 0.550. The predicted molar refractivity (Wildman–Crippen MR) is 64.5 cm³/mol. The van der Waals surface area contributed by atoms with E-state index in [0.29, 0.717) is 6.42 Å². The Balaban J connectivity index is 2.15. The van der Waals surface area contributed by atoms with E-state index in [9.17, 15) is 10.1 Å². The Bertz CT molecular complexity index is 412. The second kappa shape index (κ2) is 3.72. The Morgan fingerprint density at radius 1 is 1.33 bits per heavy atom. The lowest BCUT2D eigenvalue weighted by Crippen LogP contribution is -2.41. The molecule has 2 aliphatic rings. The molecule has 2 unspecified atom stereocenters. The molecule has 1 saturated heterocycles. The van der Waals surface area contributed by atoms with E-state index in [-0.39, 0.29) is 5.82 Å². The van der Waals surface area contributed by atoms with Gasteiger partial charge >= 0.3 is 13.1 Å². The first kappa shape index (κ1) is 13.4. The Kier molecular flexibility index (Phi) is 2.76. The van der Waals surface area contributed by atoms with E-state index in [0.717, 1.165) is 0 Å². The molecule has 18 heavy (non-hydrogen) atoms. The normalized spacial score (nSPS) is 36.0. The zero-order chi connectivity index (χ0) is 13.8. The van der Waals surface area contributed by atoms with Crippen molar-refractivity contribution in [1.29, 1.82) is 5.26 Å². The van der Waals surface area contributed by atoms with E-state index in [4.69, 9.17) is 9.31 Å². The van der Waals surface area contributed by atoms with Crippen molar-refractivity contribution in [3.8, 4) is 6.07 Å². The highest BCUT2D eigenvalue weighted by Gasteiger charge is 2.71. The van der Waals surface area contributed by atoms with Crippen LogP contribution in [-0.2, 0) is 18.8 Å². The number of ether oxygens (including phenoxy) is 1. The molecule has 0 radical (unpaired) electrons. The number of nitriles is 1. The van der Waals surface area contributed by atoms with Gasteiger partial charge in [0.1, 0.15) is 0 Å². The number of nitrogens with zero attached hydrogens (tertiary/aromatic N) is 1. The molecule has 98 valence electrons. The van der Waals surface area contributed by atoms with Gasteiger partial charge in [-0.05, 0) is 34.1 Å². The van der Waals surface area contributed by atoms with Gasteiger partial charge in [-0.25, -0.2) is 0 Å². The molecule has 6 heteroatoms. The van der Waals surface area contributed by atoms with Crippen molar-refractivity contribution >= 4 is 13.1 Å². The summed E-state index contributed by atoms with van der Waals surface area (Å²) in [6.07, 6.45) is 0.438. The van der Waals surface area contributed by atoms with Gasteiger partial charge in [0.2, 0.25) is 0 Å². The zero-order valence-electron chi connectivity index (χ0n) is 11.4. The first-order valence-corrected chi connectivity index (χ1v) is 6.05. The van der Waals surface area contributed by atoms with Crippen LogP contribution in [0.3, 0.4) is 0 Å². The molecule has 0 N–H and O–H groups in total. The third kappa shape index (κ3) is 1.65. The third-order valence-corrected chi connectivity index (χ3v) is 4.36. The fraction of sp³-hybridized carbons (Fsp3) is 0.833. The average Bonchev–Trinajstić information content (AvgIpc) is 2.97. The molecule has 5 nitrogen and oxygen atoms in total. The van der Waals surface area contributed by atoms with Gasteiger partial charge in [0.15, 0.2) is 5.41 Å². The highest BCUT2D eigenvalue weighted by atomic mass is 16.7. The number of hydrogen-bond donors (Lipinski definition) is 0. The fourth-order valence-corrected chi connectivity index (χ4v) is 2.26. The Hall–Kier alpha value is -1.06. The molecule has 0 aromatic carbocycles. The highest BCUT2D eigenvalue weighted by Crippen LogP contribution is 2.62. The third-order valence-electron chi connectivity index (χ3n) is 4.36. The summed E-state index contributed by atoms with van der Waals surface area (Å²) >= 11 is 0. The minimum atomic E-state index is -1.09. The standard InChI is InChI=1S/C12H18BNO4/c1-10(2)11(3,4)18-13(17-10)8-6-12(8,7-14)9(15)16-5/h8H,6H2,1-5H3. The van der Waals surface area contributed by atoms with Crippen molar-refractivity contribution in [2.75, 3.05) is 7.11 Å². The molecular weight excluding hydrogens is 233 g/mol. The van der Waals surface area contributed by atoms with Gasteiger partial charge in [0, 0.05) is 5.82 Å². The molecule has 2 atom stereocenters. The van der Waals surface area contributed by atoms with Crippen LogP contribution < -0.4 is 0 Å². The Morgan fingerprint density at radius 2 is 1.83 bits per heavy atom. The van der Waals surface area contributed by atoms with E-state index in [2.05, 4.69) is 10.8 Å². The van der Waals surface area contributed by atoms with Crippen LogP contribution in [0.4, 0.5) is 0 Å². The van der Waals surface area contributed by atoms with Crippen LogP contribution in [0.15, 0.2) is 0 Å². The second-order valence-corrected chi connectivity index (χ2v) is 6.01. The Labute approximate surface area is 108 Å². The van der Waals surface area contributed by atoms with Gasteiger partial charge in [0.25, 0.3) is 0 Å². The first-order chi connectivity index (χ1) is 8.20. The lowest BCUT2D eigenvalue weighted by molar-refractivity contribution is -0.144. The number of hydrogen-bond acceptors (Lipinski definition) is 5. The van der Waals surface area contributed by atoms with Crippen LogP contribution in [0.1, 0.15) is 34.1 Å². The Morgan fingerprint density at radius 3 is 2.22 bits per heavy atom. The summed E-state index contributed by atoms with van der Waals surface area (Å²) in [7, 11) is 0.773. The second-order valence-electron chi connectivity index (χ2n) is 6.01. The van der Waals surface area contributed by atoms with Gasteiger partial charge in [-0.2, -0.15) is 5.26 Å². The van der Waals surface area contributed by atoms with Crippen LogP contribution in [0.25, 0.3) is 0 Å². The maximum absolute atomic E-state index is 11.7. The highest BCUT2D eigenvalue weighted by molar-refractivity contribution is 6.50. The first-order valence-electron chi connectivity index (χ1n) is 6.05. The minimum absolute atomic E-state index is 0.240. The van der Waals surface area contributed by atoms with Crippen LogP contribution in [0.2, 0.25) is 5.82 Å². The minimum Gasteiger partial charge on any atom is -0.468 e. The average molecular weight is 251 g/mol. The van der Waals surface area contributed by atoms with Crippen molar-refractivity contribution in [2.45, 2.75) is 51.1 Å². The molecule has 0 amide bonds. The summed E-state index contributed by atoms with van der Waals surface area (Å²) in [5, 5.41) is 9.19. The maximum atomic E-state index is 11.7. The zero-order valence-corrected chi connectivity index (χ0v) is 11.4. The number of methoxy groups -OCH3 is 1. The van der Waals surface area contributed by atoms with Gasteiger partial charge in [-0.3, -0.25) is 4.79 Å². The van der Waals surface area contributed by atoms with Gasteiger partial charge < -0.3 is 14.0 Å². The molecule has 2 fully saturated rings. The lowest BCUT2D eigenvalue weighted by Gasteiger charge is -2.32. The van der Waals surface area contributed by atoms with Crippen LogP contribution in [0.5, 0.6) is 0 Å². The number of carbonyl (C=O) groups is 1. The fourth-order valence-electron chi connectivity index (χ4n) is 2.26. The van der Waals surface area contributed by atoms with Crippen LogP contribution in [-0.4, -0.2) is 31.4 Å². The van der Waals surface area contributed by atoms with Crippen molar-refractivity contribution in [2.24, 2.45) is 5.41 Å². The predicted octanol–water partition coefficient (Wildman–Crippen LogP) is 1.54. The molecule has 2 rings (SSSR count). The monoisotopic (exact) mass is 251 g/mol. The van der Waals surface area contributed by atoms with E-state index in [1.54, 1.807) is 0 Å².